The summed E-state index contributed by atoms with van der Waals surface area (Å²) in [7, 11) is 0. The Labute approximate surface area is 101 Å². The van der Waals surface area contributed by atoms with Gasteiger partial charge in [0.25, 0.3) is 0 Å². The summed E-state index contributed by atoms with van der Waals surface area (Å²) in [4.78, 5) is 0. The van der Waals surface area contributed by atoms with Crippen LogP contribution in [0.5, 0.6) is 5.75 Å². The Hall–Kier alpha value is -1.16. The molecule has 0 aromatic heterocycles. The number of benzene rings is 1. The van der Waals surface area contributed by atoms with Crippen molar-refractivity contribution in [2.75, 3.05) is 13.2 Å². The Morgan fingerprint density at radius 2 is 2.06 bits per heavy atom. The molecule has 0 heterocycles. The molecule has 0 bridgehead atoms. The number of rotatable bonds is 7. The van der Waals surface area contributed by atoms with E-state index in [1.165, 1.54) is 12.1 Å². The summed E-state index contributed by atoms with van der Waals surface area (Å²) in [5.74, 6) is -1.82. The molecule has 0 saturated carbocycles. The third-order valence-electron chi connectivity index (χ3n) is 2.53. The molecule has 0 spiro atoms. The SMILES string of the molecule is CCCNC(CC)COc1cccc(F)c1F. The van der Waals surface area contributed by atoms with Gasteiger partial charge in [0.2, 0.25) is 5.82 Å². The molecule has 1 unspecified atom stereocenters. The molecule has 96 valence electrons. The third-order valence-corrected chi connectivity index (χ3v) is 2.53. The predicted molar refractivity (Wildman–Crippen MR) is 64.2 cm³/mol. The van der Waals surface area contributed by atoms with Crippen LogP contribution in [0.25, 0.3) is 0 Å². The quantitative estimate of drug-likeness (QED) is 0.794. The first-order valence-electron chi connectivity index (χ1n) is 5.99. The van der Waals surface area contributed by atoms with Crippen LogP contribution in [0, 0.1) is 11.6 Å². The standard InChI is InChI=1S/C13H19F2NO/c1-3-8-16-10(4-2)9-17-12-7-5-6-11(14)13(12)15/h5-7,10,16H,3-4,8-9H2,1-2H3. The molecule has 2 nitrogen and oxygen atoms in total. The van der Waals surface area contributed by atoms with Gasteiger partial charge in [0.05, 0.1) is 0 Å². The highest BCUT2D eigenvalue weighted by Gasteiger charge is 2.11. The maximum Gasteiger partial charge on any atom is 0.200 e. The van der Waals surface area contributed by atoms with Crippen LogP contribution in [0.4, 0.5) is 8.78 Å². The molecule has 0 aliphatic heterocycles. The lowest BCUT2D eigenvalue weighted by molar-refractivity contribution is 0.247. The largest absolute Gasteiger partial charge is 0.489 e. The fraction of sp³-hybridized carbons (Fsp3) is 0.538. The smallest absolute Gasteiger partial charge is 0.200 e. The summed E-state index contributed by atoms with van der Waals surface area (Å²) in [5, 5.41) is 3.28. The average Bonchev–Trinajstić information content (AvgIpc) is 2.34. The highest BCUT2D eigenvalue weighted by Crippen LogP contribution is 2.19. The Morgan fingerprint density at radius 1 is 1.29 bits per heavy atom. The molecule has 0 radical (unpaired) electrons. The molecule has 0 saturated heterocycles. The molecule has 4 heteroatoms. The molecule has 1 aromatic carbocycles. The van der Waals surface area contributed by atoms with Crippen molar-refractivity contribution in [3.8, 4) is 5.75 Å². The van der Waals surface area contributed by atoms with Crippen LogP contribution < -0.4 is 10.1 Å². The lowest BCUT2D eigenvalue weighted by atomic mass is 10.2. The molecule has 1 rings (SSSR count). The molecular formula is C13H19F2NO. The minimum Gasteiger partial charge on any atom is -0.489 e. The van der Waals surface area contributed by atoms with E-state index in [4.69, 9.17) is 4.74 Å². The van der Waals surface area contributed by atoms with Gasteiger partial charge in [-0.25, -0.2) is 4.39 Å². The molecule has 17 heavy (non-hydrogen) atoms. The zero-order valence-corrected chi connectivity index (χ0v) is 10.3. The fourth-order valence-electron chi connectivity index (χ4n) is 1.46. The highest BCUT2D eigenvalue weighted by atomic mass is 19.2. The third kappa shape index (κ3) is 4.30. The average molecular weight is 243 g/mol. The normalized spacial score (nSPS) is 12.5. The van der Waals surface area contributed by atoms with Crippen LogP contribution in [-0.2, 0) is 0 Å². The van der Waals surface area contributed by atoms with Crippen molar-refractivity contribution < 1.29 is 13.5 Å². The second kappa shape index (κ2) is 7.22. The van der Waals surface area contributed by atoms with E-state index in [2.05, 4.69) is 12.2 Å². The van der Waals surface area contributed by atoms with Gasteiger partial charge in [-0.2, -0.15) is 4.39 Å². The minimum atomic E-state index is -0.919. The van der Waals surface area contributed by atoms with Crippen LogP contribution in [0.1, 0.15) is 26.7 Å². The van der Waals surface area contributed by atoms with Gasteiger partial charge in [-0.15, -0.1) is 0 Å². The molecule has 1 N–H and O–H groups in total. The van der Waals surface area contributed by atoms with Crippen molar-refractivity contribution >= 4 is 0 Å². The maximum atomic E-state index is 13.3. The number of ether oxygens (including phenoxy) is 1. The Bertz CT molecular complexity index is 344. The Morgan fingerprint density at radius 3 is 2.71 bits per heavy atom. The van der Waals surface area contributed by atoms with E-state index >= 15 is 0 Å². The van der Waals surface area contributed by atoms with Gasteiger partial charge >= 0.3 is 0 Å². The minimum absolute atomic E-state index is 0.0262. The molecule has 1 aromatic rings. The van der Waals surface area contributed by atoms with E-state index in [1.807, 2.05) is 6.92 Å². The van der Waals surface area contributed by atoms with E-state index in [0.717, 1.165) is 25.5 Å². The maximum absolute atomic E-state index is 13.3. The van der Waals surface area contributed by atoms with Gasteiger partial charge in [-0.05, 0) is 31.5 Å². The summed E-state index contributed by atoms with van der Waals surface area (Å²) in [6, 6.07) is 4.12. The predicted octanol–water partition coefficient (Wildman–Crippen LogP) is 3.12. The summed E-state index contributed by atoms with van der Waals surface area (Å²) < 4.78 is 31.5. The second-order valence-corrected chi connectivity index (χ2v) is 3.92. The van der Waals surface area contributed by atoms with Crippen LogP contribution in [0.3, 0.4) is 0 Å². The molecule has 0 fully saturated rings. The van der Waals surface area contributed by atoms with Crippen LogP contribution in [0.2, 0.25) is 0 Å². The lowest BCUT2D eigenvalue weighted by Gasteiger charge is -2.17. The molecule has 1 atom stereocenters. The van der Waals surface area contributed by atoms with Gasteiger partial charge in [0.1, 0.15) is 6.61 Å². The van der Waals surface area contributed by atoms with Crippen molar-refractivity contribution in [3.05, 3.63) is 29.8 Å². The number of hydrogen-bond donors (Lipinski definition) is 1. The van der Waals surface area contributed by atoms with E-state index < -0.39 is 11.6 Å². The number of halogens is 2. The van der Waals surface area contributed by atoms with Gasteiger partial charge in [-0.3, -0.25) is 0 Å². The van der Waals surface area contributed by atoms with Crippen LogP contribution >= 0.6 is 0 Å². The van der Waals surface area contributed by atoms with E-state index in [9.17, 15) is 8.78 Å². The molecule has 0 amide bonds. The summed E-state index contributed by atoms with van der Waals surface area (Å²) >= 11 is 0. The van der Waals surface area contributed by atoms with Gasteiger partial charge < -0.3 is 10.1 Å². The van der Waals surface area contributed by atoms with Gasteiger partial charge in [0, 0.05) is 6.04 Å². The molecule has 0 aliphatic carbocycles. The van der Waals surface area contributed by atoms with Gasteiger partial charge in [-0.1, -0.05) is 19.9 Å². The summed E-state index contributed by atoms with van der Waals surface area (Å²) in [5.41, 5.74) is 0. The second-order valence-electron chi connectivity index (χ2n) is 3.92. The fourth-order valence-corrected chi connectivity index (χ4v) is 1.46. The topological polar surface area (TPSA) is 21.3 Å². The lowest BCUT2D eigenvalue weighted by Crippen LogP contribution is -2.34. The zero-order chi connectivity index (χ0) is 12.7. The van der Waals surface area contributed by atoms with Crippen molar-refractivity contribution in [1.29, 1.82) is 0 Å². The zero-order valence-electron chi connectivity index (χ0n) is 10.3. The van der Waals surface area contributed by atoms with Crippen molar-refractivity contribution in [2.24, 2.45) is 0 Å². The number of hydrogen-bond acceptors (Lipinski definition) is 2. The monoisotopic (exact) mass is 243 g/mol. The molecule has 0 aliphatic rings. The van der Waals surface area contributed by atoms with E-state index in [0.29, 0.717) is 6.61 Å². The van der Waals surface area contributed by atoms with Crippen LogP contribution in [0.15, 0.2) is 18.2 Å². The van der Waals surface area contributed by atoms with E-state index in [-0.39, 0.29) is 11.8 Å². The molecular weight excluding hydrogens is 224 g/mol. The van der Waals surface area contributed by atoms with Gasteiger partial charge in [0.15, 0.2) is 11.6 Å². The Balaban J connectivity index is 2.50. The van der Waals surface area contributed by atoms with Crippen molar-refractivity contribution in [3.63, 3.8) is 0 Å². The van der Waals surface area contributed by atoms with Crippen molar-refractivity contribution in [2.45, 2.75) is 32.7 Å². The highest BCUT2D eigenvalue weighted by molar-refractivity contribution is 5.25. The summed E-state index contributed by atoms with van der Waals surface area (Å²) in [6.45, 7) is 5.34. The Kier molecular flexibility index (Phi) is 5.91. The first-order chi connectivity index (χ1) is 8.19. The number of nitrogens with one attached hydrogen (secondary N) is 1. The summed E-state index contributed by atoms with van der Waals surface area (Å²) in [6.07, 6.45) is 1.92. The van der Waals surface area contributed by atoms with Crippen LogP contribution in [-0.4, -0.2) is 19.2 Å². The van der Waals surface area contributed by atoms with E-state index in [1.54, 1.807) is 0 Å². The first-order valence-corrected chi connectivity index (χ1v) is 5.99. The van der Waals surface area contributed by atoms with Crippen molar-refractivity contribution in [1.82, 2.24) is 5.32 Å². The first kappa shape index (κ1) is 13.9.